The van der Waals surface area contributed by atoms with Crippen molar-refractivity contribution in [2.45, 2.75) is 13.5 Å². The average Bonchev–Trinajstić information content (AvgIpc) is 2.81. The summed E-state index contributed by atoms with van der Waals surface area (Å²) in [6.45, 7) is 2.35. The maximum absolute atomic E-state index is 12.1. The third kappa shape index (κ3) is 2.92. The molecule has 0 unspecified atom stereocenters. The molecule has 0 atom stereocenters. The molecular weight excluding hydrogens is 242 g/mol. The van der Waals surface area contributed by atoms with Crippen molar-refractivity contribution in [2.24, 2.45) is 12.9 Å². The van der Waals surface area contributed by atoms with Crippen LogP contribution in [0.2, 0.25) is 0 Å². The summed E-state index contributed by atoms with van der Waals surface area (Å²) in [6, 6.07) is 7.34. The first kappa shape index (κ1) is 13.1. The number of carbonyl (C=O) groups is 1. The topological polar surface area (TPSA) is 85.0 Å². The molecule has 1 amide bonds. The monoisotopic (exact) mass is 259 g/mol. The van der Waals surface area contributed by atoms with Crippen LogP contribution in [0.3, 0.4) is 0 Å². The number of nitrogens with two attached hydrogens (primary N) is 1. The predicted molar refractivity (Wildman–Crippen MR) is 73.4 cm³/mol. The lowest BCUT2D eigenvalue weighted by Gasteiger charge is -2.10. The number of amides is 1. The van der Waals surface area contributed by atoms with Crippen LogP contribution in [0, 0.1) is 6.92 Å². The number of hydrazine groups is 1. The second-order valence-corrected chi connectivity index (χ2v) is 4.32. The van der Waals surface area contributed by atoms with E-state index in [1.165, 1.54) is 0 Å². The zero-order valence-electron chi connectivity index (χ0n) is 11.0. The minimum absolute atomic E-state index is 0.169. The first-order chi connectivity index (χ1) is 9.11. The Labute approximate surface area is 111 Å². The van der Waals surface area contributed by atoms with Gasteiger partial charge in [0.2, 0.25) is 0 Å². The molecule has 0 fully saturated rings. The molecule has 0 saturated carbocycles. The fraction of sp³-hybridized carbons (Fsp3) is 0.231. The molecule has 0 radical (unpaired) electrons. The fourth-order valence-corrected chi connectivity index (χ4v) is 1.81. The van der Waals surface area contributed by atoms with E-state index in [2.05, 4.69) is 15.8 Å². The molecule has 4 N–H and O–H groups in total. The van der Waals surface area contributed by atoms with Crippen LogP contribution >= 0.6 is 0 Å². The number of benzene rings is 1. The van der Waals surface area contributed by atoms with E-state index < -0.39 is 0 Å². The second kappa shape index (κ2) is 5.53. The summed E-state index contributed by atoms with van der Waals surface area (Å²) in [7, 11) is 1.83. The Morgan fingerprint density at radius 2 is 2.21 bits per heavy atom. The maximum Gasteiger partial charge on any atom is 0.253 e. The van der Waals surface area contributed by atoms with Crippen molar-refractivity contribution in [1.29, 1.82) is 0 Å². The van der Waals surface area contributed by atoms with Crippen molar-refractivity contribution in [3.05, 3.63) is 47.3 Å². The van der Waals surface area contributed by atoms with Crippen LogP contribution in [-0.4, -0.2) is 15.7 Å². The molecule has 0 bridgehead atoms. The molecule has 1 aromatic carbocycles. The largest absolute Gasteiger partial charge is 0.346 e. The van der Waals surface area contributed by atoms with E-state index >= 15 is 0 Å². The normalized spacial score (nSPS) is 10.3. The molecule has 0 aliphatic rings. The van der Waals surface area contributed by atoms with Gasteiger partial charge in [0, 0.05) is 13.2 Å². The number of nitrogens with zero attached hydrogens (tertiary/aromatic N) is 2. The summed E-state index contributed by atoms with van der Waals surface area (Å²) in [5, 5.41) is 6.90. The molecule has 1 aromatic heterocycles. The van der Waals surface area contributed by atoms with Crippen molar-refractivity contribution < 1.29 is 4.79 Å². The quantitative estimate of drug-likeness (QED) is 0.563. The number of nitrogens with one attached hydrogen (secondary N) is 2. The Hall–Kier alpha value is -2.34. The van der Waals surface area contributed by atoms with E-state index in [0.29, 0.717) is 17.8 Å². The highest BCUT2D eigenvalue weighted by molar-refractivity contribution is 5.99. The van der Waals surface area contributed by atoms with Gasteiger partial charge < -0.3 is 10.7 Å². The van der Waals surface area contributed by atoms with Gasteiger partial charge in [-0.25, -0.2) is 0 Å². The van der Waals surface area contributed by atoms with Gasteiger partial charge >= 0.3 is 0 Å². The van der Waals surface area contributed by atoms with E-state index in [1.54, 1.807) is 23.0 Å². The van der Waals surface area contributed by atoms with E-state index in [9.17, 15) is 4.79 Å². The third-order valence-electron chi connectivity index (χ3n) is 2.93. The molecule has 0 aliphatic heterocycles. The van der Waals surface area contributed by atoms with Gasteiger partial charge in [-0.3, -0.25) is 15.3 Å². The predicted octanol–water partition coefficient (Wildman–Crippen LogP) is 0.944. The number of hydrogen-bond acceptors (Lipinski definition) is 4. The van der Waals surface area contributed by atoms with Crippen molar-refractivity contribution in [3.8, 4) is 0 Å². The van der Waals surface area contributed by atoms with Crippen LogP contribution < -0.4 is 16.6 Å². The van der Waals surface area contributed by atoms with Crippen LogP contribution in [0.25, 0.3) is 0 Å². The first-order valence-electron chi connectivity index (χ1n) is 5.94. The highest BCUT2D eigenvalue weighted by atomic mass is 16.1. The number of nitrogen functional groups attached to an aromatic ring is 1. The second-order valence-electron chi connectivity index (χ2n) is 4.32. The van der Waals surface area contributed by atoms with Gasteiger partial charge in [0.15, 0.2) is 0 Å². The van der Waals surface area contributed by atoms with Crippen LogP contribution in [0.4, 0.5) is 5.69 Å². The lowest BCUT2D eigenvalue weighted by molar-refractivity contribution is 0.0950. The average molecular weight is 259 g/mol. The molecule has 2 rings (SSSR count). The van der Waals surface area contributed by atoms with E-state index in [0.717, 1.165) is 11.3 Å². The summed E-state index contributed by atoms with van der Waals surface area (Å²) in [4.78, 5) is 12.1. The Balaban J connectivity index is 2.12. The van der Waals surface area contributed by atoms with Gasteiger partial charge in [-0.1, -0.05) is 11.6 Å². The number of anilines is 1. The zero-order valence-corrected chi connectivity index (χ0v) is 11.0. The standard InChI is InChI=1S/C13H17N5O/c1-9-3-4-12(17-14)11(7-9)13(19)15-8-10-5-6-16-18(10)2/h3-7,17H,8,14H2,1-2H3,(H,15,19). The molecule has 2 aromatic rings. The molecule has 0 spiro atoms. The molecule has 100 valence electrons. The smallest absolute Gasteiger partial charge is 0.253 e. The summed E-state index contributed by atoms with van der Waals surface area (Å²) >= 11 is 0. The SMILES string of the molecule is Cc1ccc(NN)c(C(=O)NCc2ccnn2C)c1. The minimum Gasteiger partial charge on any atom is -0.346 e. The van der Waals surface area contributed by atoms with Gasteiger partial charge in [0.25, 0.3) is 5.91 Å². The number of rotatable bonds is 4. The summed E-state index contributed by atoms with van der Waals surface area (Å²) < 4.78 is 1.72. The Kier molecular flexibility index (Phi) is 3.82. The zero-order chi connectivity index (χ0) is 13.8. The van der Waals surface area contributed by atoms with Crippen molar-refractivity contribution >= 4 is 11.6 Å². The van der Waals surface area contributed by atoms with Gasteiger partial charge in [-0.05, 0) is 25.1 Å². The summed E-state index contributed by atoms with van der Waals surface area (Å²) in [5.41, 5.74) is 5.60. The van der Waals surface area contributed by atoms with Gasteiger partial charge in [-0.2, -0.15) is 5.10 Å². The van der Waals surface area contributed by atoms with Crippen molar-refractivity contribution in [3.63, 3.8) is 0 Å². The van der Waals surface area contributed by atoms with Crippen LogP contribution in [0.5, 0.6) is 0 Å². The first-order valence-corrected chi connectivity index (χ1v) is 5.94. The van der Waals surface area contributed by atoms with Gasteiger partial charge in [-0.15, -0.1) is 0 Å². The summed E-state index contributed by atoms with van der Waals surface area (Å²) in [6.07, 6.45) is 1.70. The Morgan fingerprint density at radius 1 is 1.42 bits per heavy atom. The molecule has 0 saturated heterocycles. The molecule has 1 heterocycles. The Morgan fingerprint density at radius 3 is 2.84 bits per heavy atom. The van der Waals surface area contributed by atoms with E-state index in [1.807, 2.05) is 26.1 Å². The van der Waals surface area contributed by atoms with E-state index in [-0.39, 0.29) is 5.91 Å². The van der Waals surface area contributed by atoms with E-state index in [4.69, 9.17) is 5.84 Å². The lowest BCUT2D eigenvalue weighted by atomic mass is 10.1. The maximum atomic E-state index is 12.1. The lowest BCUT2D eigenvalue weighted by Crippen LogP contribution is -2.25. The number of hydrogen-bond donors (Lipinski definition) is 3. The van der Waals surface area contributed by atoms with Crippen LogP contribution in [0.1, 0.15) is 21.6 Å². The number of aryl methyl sites for hydroxylation is 2. The molecule has 0 aliphatic carbocycles. The van der Waals surface area contributed by atoms with Gasteiger partial charge in [0.05, 0.1) is 23.5 Å². The van der Waals surface area contributed by atoms with Crippen LogP contribution in [0.15, 0.2) is 30.5 Å². The highest BCUT2D eigenvalue weighted by Crippen LogP contribution is 2.16. The summed E-state index contributed by atoms with van der Waals surface area (Å²) in [5.74, 6) is 5.24. The minimum atomic E-state index is -0.169. The highest BCUT2D eigenvalue weighted by Gasteiger charge is 2.11. The number of carbonyl (C=O) groups excluding carboxylic acids is 1. The molecule has 6 heteroatoms. The van der Waals surface area contributed by atoms with Gasteiger partial charge in [0.1, 0.15) is 0 Å². The molecule has 19 heavy (non-hydrogen) atoms. The molecule has 6 nitrogen and oxygen atoms in total. The molecular formula is C13H17N5O. The fourth-order valence-electron chi connectivity index (χ4n) is 1.81. The Bertz CT molecular complexity index is 590. The number of aromatic nitrogens is 2. The third-order valence-corrected chi connectivity index (χ3v) is 2.93. The van der Waals surface area contributed by atoms with Crippen LogP contribution in [-0.2, 0) is 13.6 Å². The van der Waals surface area contributed by atoms with Crippen molar-refractivity contribution in [2.75, 3.05) is 5.43 Å². The van der Waals surface area contributed by atoms with Crippen molar-refractivity contribution in [1.82, 2.24) is 15.1 Å².